The quantitative estimate of drug-likeness (QED) is 0.720. The van der Waals surface area contributed by atoms with E-state index in [1.807, 2.05) is 25.1 Å². The summed E-state index contributed by atoms with van der Waals surface area (Å²) < 4.78 is 0. The molecule has 2 heterocycles. The van der Waals surface area contributed by atoms with Crippen molar-refractivity contribution >= 4 is 22.5 Å². The van der Waals surface area contributed by atoms with E-state index >= 15 is 0 Å². The molecular weight excluding hydrogens is 280 g/mol. The summed E-state index contributed by atoms with van der Waals surface area (Å²) in [6.45, 7) is 2.03. The van der Waals surface area contributed by atoms with Crippen LogP contribution >= 0.6 is 0 Å². The molecule has 0 saturated carbocycles. The Labute approximate surface area is 126 Å². The molecule has 1 amide bonds. The Balaban J connectivity index is 1.99. The predicted octanol–water partition coefficient (Wildman–Crippen LogP) is 3.76. The fraction of sp³-hybridized carbons (Fsp3) is 0.125. The number of azo groups is 1. The highest BCUT2D eigenvalue weighted by Crippen LogP contribution is 2.37. The largest absolute Gasteiger partial charge is 0.493 e. The fourth-order valence-corrected chi connectivity index (χ4v) is 2.29. The zero-order chi connectivity index (χ0) is 15.5. The van der Waals surface area contributed by atoms with Crippen molar-refractivity contribution in [2.75, 3.05) is 0 Å². The van der Waals surface area contributed by atoms with Crippen LogP contribution in [-0.2, 0) is 6.42 Å². The van der Waals surface area contributed by atoms with Gasteiger partial charge in [-0.1, -0.05) is 25.1 Å². The van der Waals surface area contributed by atoms with Gasteiger partial charge in [0.25, 0.3) is 5.91 Å². The van der Waals surface area contributed by atoms with Crippen molar-refractivity contribution in [1.82, 2.24) is 9.97 Å². The van der Waals surface area contributed by atoms with Crippen LogP contribution in [0.2, 0.25) is 0 Å². The number of rotatable bonds is 3. The third-order valence-electron chi connectivity index (χ3n) is 3.40. The standard InChI is InChI=1S/C16H14N4O2/c1-2-10-5-3-7-12-13(10)18-16(22)14(12)19-20-15(21)11-6-4-8-17-9-11/h3-9,18,22H,2H2,1H3. The number of H-pyrrole nitrogens is 1. The van der Waals surface area contributed by atoms with E-state index in [9.17, 15) is 9.90 Å². The Morgan fingerprint density at radius 3 is 2.91 bits per heavy atom. The monoisotopic (exact) mass is 294 g/mol. The van der Waals surface area contributed by atoms with Crippen LogP contribution in [0, 0.1) is 0 Å². The number of nitrogens with zero attached hydrogens (tertiary/aromatic N) is 3. The number of para-hydroxylation sites is 1. The van der Waals surface area contributed by atoms with Crippen LogP contribution in [0.4, 0.5) is 5.69 Å². The maximum atomic E-state index is 11.9. The van der Waals surface area contributed by atoms with E-state index in [1.54, 1.807) is 18.3 Å². The number of benzene rings is 1. The Kier molecular flexibility index (Phi) is 3.65. The number of hydrogen-bond acceptors (Lipinski definition) is 4. The number of hydrogen-bond donors (Lipinski definition) is 2. The molecule has 3 rings (SSSR count). The van der Waals surface area contributed by atoms with Gasteiger partial charge < -0.3 is 10.1 Å². The average molecular weight is 294 g/mol. The summed E-state index contributed by atoms with van der Waals surface area (Å²) in [5.74, 6) is -0.605. The zero-order valence-corrected chi connectivity index (χ0v) is 11.9. The van der Waals surface area contributed by atoms with Crippen LogP contribution < -0.4 is 0 Å². The lowest BCUT2D eigenvalue weighted by Gasteiger charge is -1.97. The number of aromatic hydroxyl groups is 1. The van der Waals surface area contributed by atoms with Gasteiger partial charge in [0.05, 0.1) is 11.1 Å². The van der Waals surface area contributed by atoms with Gasteiger partial charge in [-0.15, -0.1) is 10.2 Å². The zero-order valence-electron chi connectivity index (χ0n) is 11.9. The summed E-state index contributed by atoms with van der Waals surface area (Å²) >= 11 is 0. The van der Waals surface area contributed by atoms with Crippen LogP contribution in [-0.4, -0.2) is 21.0 Å². The molecule has 0 radical (unpaired) electrons. The van der Waals surface area contributed by atoms with Gasteiger partial charge in [0.15, 0.2) is 5.69 Å². The molecule has 0 bridgehead atoms. The highest BCUT2D eigenvalue weighted by atomic mass is 16.3. The van der Waals surface area contributed by atoms with E-state index in [2.05, 4.69) is 20.2 Å². The minimum absolute atomic E-state index is 0.0985. The first-order valence-corrected chi connectivity index (χ1v) is 6.89. The average Bonchev–Trinajstić information content (AvgIpc) is 2.88. The highest BCUT2D eigenvalue weighted by Gasteiger charge is 2.13. The molecule has 6 nitrogen and oxygen atoms in total. The molecule has 22 heavy (non-hydrogen) atoms. The van der Waals surface area contributed by atoms with Gasteiger partial charge in [-0.2, -0.15) is 0 Å². The summed E-state index contributed by atoms with van der Waals surface area (Å²) in [7, 11) is 0. The van der Waals surface area contributed by atoms with Crippen molar-refractivity contribution in [3.8, 4) is 5.88 Å². The third kappa shape index (κ3) is 2.46. The van der Waals surface area contributed by atoms with Crippen LogP contribution in [0.25, 0.3) is 10.9 Å². The van der Waals surface area contributed by atoms with Crippen molar-refractivity contribution < 1.29 is 9.90 Å². The fourth-order valence-electron chi connectivity index (χ4n) is 2.29. The van der Waals surface area contributed by atoms with Gasteiger partial charge >= 0.3 is 0 Å². The first kappa shape index (κ1) is 13.9. The molecule has 0 atom stereocenters. The van der Waals surface area contributed by atoms with Gasteiger partial charge in [0, 0.05) is 17.8 Å². The lowest BCUT2D eigenvalue weighted by molar-refractivity contribution is 0.0994. The molecule has 0 spiro atoms. The van der Waals surface area contributed by atoms with E-state index in [0.29, 0.717) is 5.56 Å². The summed E-state index contributed by atoms with van der Waals surface area (Å²) in [5, 5.41) is 18.3. The molecule has 2 aromatic heterocycles. The summed E-state index contributed by atoms with van der Waals surface area (Å²) in [4.78, 5) is 18.7. The minimum atomic E-state index is -0.506. The topological polar surface area (TPSA) is 90.7 Å². The normalized spacial score (nSPS) is 11.3. The van der Waals surface area contributed by atoms with Crippen molar-refractivity contribution in [2.45, 2.75) is 13.3 Å². The van der Waals surface area contributed by atoms with E-state index in [1.165, 1.54) is 6.20 Å². The predicted molar refractivity (Wildman–Crippen MR) is 82.4 cm³/mol. The Hall–Kier alpha value is -3.02. The van der Waals surface area contributed by atoms with E-state index in [-0.39, 0.29) is 11.6 Å². The molecule has 2 N–H and O–H groups in total. The number of aromatic amines is 1. The van der Waals surface area contributed by atoms with Gasteiger partial charge in [-0.25, -0.2) is 0 Å². The number of carbonyl (C=O) groups is 1. The molecule has 110 valence electrons. The maximum absolute atomic E-state index is 11.9. The number of pyridine rings is 1. The lowest BCUT2D eigenvalue weighted by atomic mass is 10.1. The molecule has 0 aliphatic carbocycles. The SMILES string of the molecule is CCc1cccc2c(N=NC(=O)c3cccnc3)c(O)[nH]c12. The van der Waals surface area contributed by atoms with Gasteiger partial charge in [-0.3, -0.25) is 9.78 Å². The molecule has 3 aromatic rings. The molecule has 0 unspecified atom stereocenters. The lowest BCUT2D eigenvalue weighted by Crippen LogP contribution is -1.93. The van der Waals surface area contributed by atoms with Gasteiger partial charge in [0.1, 0.15) is 0 Å². The Morgan fingerprint density at radius 1 is 1.32 bits per heavy atom. The van der Waals surface area contributed by atoms with Crippen molar-refractivity contribution in [2.24, 2.45) is 10.2 Å². The number of aryl methyl sites for hydroxylation is 1. The summed E-state index contributed by atoms with van der Waals surface area (Å²) in [5.41, 5.74) is 2.49. The summed E-state index contributed by atoms with van der Waals surface area (Å²) in [6, 6.07) is 8.95. The van der Waals surface area contributed by atoms with Crippen LogP contribution in [0.15, 0.2) is 53.0 Å². The number of aromatic nitrogens is 2. The second-order valence-corrected chi connectivity index (χ2v) is 4.76. The maximum Gasteiger partial charge on any atom is 0.296 e. The Bertz CT molecular complexity index is 853. The van der Waals surface area contributed by atoms with Gasteiger partial charge in [0.2, 0.25) is 5.88 Å². The number of fused-ring (bicyclic) bond motifs is 1. The second kappa shape index (κ2) is 5.77. The third-order valence-corrected chi connectivity index (χ3v) is 3.40. The van der Waals surface area contributed by atoms with Crippen molar-refractivity contribution in [3.63, 3.8) is 0 Å². The Morgan fingerprint density at radius 2 is 2.18 bits per heavy atom. The minimum Gasteiger partial charge on any atom is -0.493 e. The van der Waals surface area contributed by atoms with E-state index in [4.69, 9.17) is 0 Å². The van der Waals surface area contributed by atoms with Crippen LogP contribution in [0.1, 0.15) is 22.8 Å². The number of nitrogens with one attached hydrogen (secondary N) is 1. The molecule has 6 heteroatoms. The molecule has 1 aromatic carbocycles. The number of amides is 1. The summed E-state index contributed by atoms with van der Waals surface area (Å²) in [6.07, 6.45) is 3.82. The van der Waals surface area contributed by atoms with Crippen LogP contribution in [0.5, 0.6) is 5.88 Å². The molecule has 0 aliphatic heterocycles. The smallest absolute Gasteiger partial charge is 0.296 e. The molecule has 0 aliphatic rings. The molecule has 0 fully saturated rings. The molecular formula is C16H14N4O2. The number of carbonyl (C=O) groups excluding carboxylic acids is 1. The van der Waals surface area contributed by atoms with Crippen molar-refractivity contribution in [1.29, 1.82) is 0 Å². The molecule has 0 saturated heterocycles. The first-order chi connectivity index (χ1) is 10.7. The highest BCUT2D eigenvalue weighted by molar-refractivity contribution is 5.97. The van der Waals surface area contributed by atoms with E-state index < -0.39 is 5.91 Å². The van der Waals surface area contributed by atoms with Crippen molar-refractivity contribution in [3.05, 3.63) is 53.9 Å². The van der Waals surface area contributed by atoms with Gasteiger partial charge in [-0.05, 0) is 24.1 Å². The van der Waals surface area contributed by atoms with E-state index in [0.717, 1.165) is 22.9 Å². The first-order valence-electron chi connectivity index (χ1n) is 6.89. The second-order valence-electron chi connectivity index (χ2n) is 4.76. The van der Waals surface area contributed by atoms with Crippen LogP contribution in [0.3, 0.4) is 0 Å².